The van der Waals surface area contributed by atoms with Gasteiger partial charge in [-0.2, -0.15) is 0 Å². The number of allylic oxidation sites excluding steroid dienone is 1. The monoisotopic (exact) mass is 198 g/mol. The highest BCUT2D eigenvalue weighted by Gasteiger charge is 2.33. The maximum Gasteiger partial charge on any atom is 0.170 e. The zero-order valence-electron chi connectivity index (χ0n) is 9.32. The fourth-order valence-electron chi connectivity index (χ4n) is 0.915. The van der Waals surface area contributed by atoms with Crippen molar-refractivity contribution in [1.82, 2.24) is 0 Å². The Balaban J connectivity index is 5.09. The summed E-state index contributed by atoms with van der Waals surface area (Å²) in [7, 11) is -1.82. The van der Waals surface area contributed by atoms with Crippen LogP contribution in [0.1, 0.15) is 20.8 Å². The third kappa shape index (κ3) is 3.29. The second-order valence-electron chi connectivity index (χ2n) is 5.31. The third-order valence-corrected chi connectivity index (χ3v) is 3.59. The van der Waals surface area contributed by atoms with Gasteiger partial charge < -0.3 is 0 Å². The van der Waals surface area contributed by atoms with Crippen LogP contribution in [0.5, 0.6) is 0 Å². The van der Waals surface area contributed by atoms with Gasteiger partial charge in [0, 0.05) is 5.41 Å². The summed E-state index contributed by atoms with van der Waals surface area (Å²) >= 11 is 0. The Morgan fingerprint density at radius 1 is 1.15 bits per heavy atom. The van der Waals surface area contributed by atoms with E-state index >= 15 is 0 Å². The van der Waals surface area contributed by atoms with Crippen LogP contribution in [0.2, 0.25) is 19.6 Å². The molecule has 0 bridgehead atoms. The Morgan fingerprint density at radius 3 is 1.62 bits per heavy atom. The number of carbonyl (C=O) groups excluding carboxylic acids is 2. The minimum Gasteiger partial charge on any atom is -0.294 e. The van der Waals surface area contributed by atoms with Crippen molar-refractivity contribution < 1.29 is 9.59 Å². The first kappa shape index (κ1) is 12.3. The molecule has 2 nitrogen and oxygen atoms in total. The van der Waals surface area contributed by atoms with Gasteiger partial charge in [-0.05, 0) is 0 Å². The van der Waals surface area contributed by atoms with E-state index in [-0.39, 0.29) is 5.78 Å². The van der Waals surface area contributed by atoms with Crippen LogP contribution >= 0.6 is 0 Å². The van der Waals surface area contributed by atoms with Crippen LogP contribution in [0.4, 0.5) is 0 Å². The zero-order valence-corrected chi connectivity index (χ0v) is 10.3. The number of ketones is 1. The summed E-state index contributed by atoms with van der Waals surface area (Å²) in [5, 5.41) is 0.389. The minimum absolute atomic E-state index is 0.0540. The molecule has 0 aliphatic heterocycles. The molecule has 0 spiro atoms. The molecule has 0 aliphatic rings. The van der Waals surface area contributed by atoms with E-state index in [1.54, 1.807) is 0 Å². The average Bonchev–Trinajstić information content (AvgIpc) is 1.83. The van der Waals surface area contributed by atoms with Gasteiger partial charge in [-0.15, -0.1) is 0 Å². The lowest BCUT2D eigenvalue weighted by Crippen LogP contribution is -2.36. The van der Waals surface area contributed by atoms with Gasteiger partial charge in [-0.3, -0.25) is 4.79 Å². The summed E-state index contributed by atoms with van der Waals surface area (Å²) < 4.78 is 0. The van der Waals surface area contributed by atoms with Gasteiger partial charge in [0.25, 0.3) is 0 Å². The molecular weight excluding hydrogens is 180 g/mol. The fourth-order valence-corrected chi connectivity index (χ4v) is 2.28. The quantitative estimate of drug-likeness (QED) is 0.387. The van der Waals surface area contributed by atoms with Crippen molar-refractivity contribution in [3.8, 4) is 0 Å². The van der Waals surface area contributed by atoms with E-state index in [9.17, 15) is 9.59 Å². The number of hydrogen-bond donors (Lipinski definition) is 0. The molecule has 74 valence electrons. The van der Waals surface area contributed by atoms with E-state index in [2.05, 4.69) is 0 Å². The second kappa shape index (κ2) is 3.60. The molecule has 3 heteroatoms. The Kier molecular flexibility index (Phi) is 3.42. The highest BCUT2D eigenvalue weighted by molar-refractivity contribution is 6.88. The molecule has 0 fully saturated rings. The van der Waals surface area contributed by atoms with Crippen molar-refractivity contribution in [2.24, 2.45) is 5.41 Å². The van der Waals surface area contributed by atoms with Crippen LogP contribution in [0, 0.1) is 5.41 Å². The molecule has 0 unspecified atom stereocenters. The van der Waals surface area contributed by atoms with E-state index in [0.717, 1.165) is 0 Å². The lowest BCUT2D eigenvalue weighted by molar-refractivity contribution is -0.121. The van der Waals surface area contributed by atoms with Crippen molar-refractivity contribution in [3.63, 3.8) is 0 Å². The second-order valence-corrected chi connectivity index (χ2v) is 10.3. The van der Waals surface area contributed by atoms with Gasteiger partial charge in [0.15, 0.2) is 5.78 Å². The number of hydrogen-bond acceptors (Lipinski definition) is 2. The van der Waals surface area contributed by atoms with Gasteiger partial charge in [0.2, 0.25) is 0 Å². The first-order valence-corrected chi connectivity index (χ1v) is 7.91. The lowest BCUT2D eigenvalue weighted by Gasteiger charge is -2.23. The molecule has 0 saturated heterocycles. The first-order valence-electron chi connectivity index (χ1n) is 4.41. The van der Waals surface area contributed by atoms with Crippen molar-refractivity contribution in [1.29, 1.82) is 0 Å². The van der Waals surface area contributed by atoms with E-state index in [0.29, 0.717) is 5.20 Å². The Bertz CT molecular complexity index is 260. The van der Waals surface area contributed by atoms with Gasteiger partial charge >= 0.3 is 0 Å². The summed E-state index contributed by atoms with van der Waals surface area (Å²) in [6.07, 6.45) is 0. The fraction of sp³-hybridized carbons (Fsp3) is 0.700. The normalized spacial score (nSPS) is 12.2. The molecular formula is C10H18O2Si. The van der Waals surface area contributed by atoms with E-state index in [1.165, 1.54) is 0 Å². The van der Waals surface area contributed by atoms with Gasteiger partial charge in [-0.1, -0.05) is 40.4 Å². The predicted molar refractivity (Wildman–Crippen MR) is 57.0 cm³/mol. The summed E-state index contributed by atoms with van der Waals surface area (Å²) in [6.45, 7) is 11.4. The molecule has 0 aromatic rings. The van der Waals surface area contributed by atoms with Crippen LogP contribution in [0.25, 0.3) is 0 Å². The smallest absolute Gasteiger partial charge is 0.170 e. The third-order valence-electron chi connectivity index (χ3n) is 1.76. The Labute approximate surface area is 81.0 Å². The van der Waals surface area contributed by atoms with Gasteiger partial charge in [0.05, 0.1) is 13.3 Å². The highest BCUT2D eigenvalue weighted by atomic mass is 28.3. The number of rotatable bonds is 2. The molecule has 13 heavy (non-hydrogen) atoms. The van der Waals surface area contributed by atoms with E-state index in [1.807, 2.05) is 46.4 Å². The summed E-state index contributed by atoms with van der Waals surface area (Å²) in [6, 6.07) is 0. The molecule has 0 rings (SSSR count). The summed E-state index contributed by atoms with van der Waals surface area (Å²) in [5.74, 6) is 1.77. The molecule has 0 aromatic carbocycles. The Hall–Kier alpha value is -0.663. The number of carbonyl (C=O) groups is 1. The molecule has 0 amide bonds. The molecule has 0 saturated carbocycles. The average molecular weight is 198 g/mol. The van der Waals surface area contributed by atoms with Crippen LogP contribution in [0.3, 0.4) is 0 Å². The van der Waals surface area contributed by atoms with Crippen LogP contribution in [0.15, 0.2) is 5.20 Å². The number of Topliss-reactive ketones (excluding diaryl/α,β-unsaturated/α-hetero) is 1. The maximum atomic E-state index is 11.8. The van der Waals surface area contributed by atoms with Crippen LogP contribution < -0.4 is 0 Å². The first-order chi connectivity index (χ1) is 5.60. The van der Waals surface area contributed by atoms with Crippen LogP contribution in [-0.2, 0) is 9.59 Å². The highest BCUT2D eigenvalue weighted by Crippen LogP contribution is 2.24. The van der Waals surface area contributed by atoms with E-state index < -0.39 is 13.5 Å². The molecule has 0 radical (unpaired) electrons. The lowest BCUT2D eigenvalue weighted by atomic mass is 9.91. The predicted octanol–water partition coefficient (Wildman–Crippen LogP) is 2.24. The summed E-state index contributed by atoms with van der Waals surface area (Å²) in [5.41, 5.74) is -0.465. The van der Waals surface area contributed by atoms with Crippen molar-refractivity contribution in [3.05, 3.63) is 5.20 Å². The molecule has 0 heterocycles. The maximum absolute atomic E-state index is 11.8. The van der Waals surface area contributed by atoms with E-state index in [4.69, 9.17) is 0 Å². The van der Waals surface area contributed by atoms with Gasteiger partial charge in [0.1, 0.15) is 5.94 Å². The van der Waals surface area contributed by atoms with Crippen molar-refractivity contribution >= 4 is 19.8 Å². The SMILES string of the molecule is CC(C)(C)C(=O)C(=C=O)[Si](C)(C)C. The van der Waals surface area contributed by atoms with Crippen LogP contribution in [-0.4, -0.2) is 19.8 Å². The minimum atomic E-state index is -1.82. The standard InChI is InChI=1S/C10H18O2Si/c1-10(2,3)9(12)8(7-11)13(4,5)6/h1-6H3. The van der Waals surface area contributed by atoms with Crippen molar-refractivity contribution in [2.75, 3.05) is 0 Å². The largest absolute Gasteiger partial charge is 0.294 e. The molecule has 0 N–H and O–H groups in total. The molecule has 0 aromatic heterocycles. The molecule has 0 atom stereocenters. The Morgan fingerprint density at radius 2 is 1.54 bits per heavy atom. The van der Waals surface area contributed by atoms with Crippen molar-refractivity contribution in [2.45, 2.75) is 40.4 Å². The topological polar surface area (TPSA) is 34.1 Å². The molecule has 0 aliphatic carbocycles. The van der Waals surface area contributed by atoms with Gasteiger partial charge in [-0.25, -0.2) is 4.79 Å². The zero-order chi connectivity index (χ0) is 10.9. The summed E-state index contributed by atoms with van der Waals surface area (Å²) in [4.78, 5) is 22.5.